The number of nitrogens with zero attached hydrogens (tertiary/aromatic N) is 1. The largest absolute Gasteiger partial charge is 0.477 e. The lowest BCUT2D eigenvalue weighted by Gasteiger charge is -2.25. The first kappa shape index (κ1) is 84.2. The van der Waals surface area contributed by atoms with Crippen LogP contribution >= 0.6 is 0 Å². The second-order valence-electron chi connectivity index (χ2n) is 27.0. The number of hydrogen-bond donors (Lipinski definition) is 1. The van der Waals surface area contributed by atoms with Gasteiger partial charge in [-0.15, -0.1) is 0 Å². The van der Waals surface area contributed by atoms with Crippen molar-refractivity contribution in [3.05, 3.63) is 48.6 Å². The van der Waals surface area contributed by atoms with Crippen LogP contribution in [0.15, 0.2) is 48.6 Å². The van der Waals surface area contributed by atoms with Crippen molar-refractivity contribution in [3.63, 3.8) is 0 Å². The zero-order chi connectivity index (χ0) is 63.3. The number of carbonyl (C=O) groups excluding carboxylic acids is 2. The van der Waals surface area contributed by atoms with Crippen LogP contribution in [0.25, 0.3) is 0 Å². The highest BCUT2D eigenvalue weighted by Gasteiger charge is 2.25. The van der Waals surface area contributed by atoms with Crippen LogP contribution in [0.5, 0.6) is 0 Å². The van der Waals surface area contributed by atoms with E-state index in [1.807, 2.05) is 21.1 Å². The van der Waals surface area contributed by atoms with Crippen LogP contribution in [-0.2, 0) is 33.3 Å². The first-order chi connectivity index (χ1) is 42.6. The molecule has 0 heterocycles. The summed E-state index contributed by atoms with van der Waals surface area (Å²) in [5.41, 5.74) is 0. The van der Waals surface area contributed by atoms with E-state index >= 15 is 0 Å². The van der Waals surface area contributed by atoms with E-state index in [9.17, 15) is 19.5 Å². The van der Waals surface area contributed by atoms with Crippen molar-refractivity contribution in [2.45, 2.75) is 386 Å². The van der Waals surface area contributed by atoms with Crippen molar-refractivity contribution in [2.24, 2.45) is 0 Å². The Morgan fingerprint density at radius 2 is 0.621 bits per heavy atom. The van der Waals surface area contributed by atoms with E-state index in [0.717, 1.165) is 51.4 Å². The molecule has 0 fully saturated rings. The molecule has 0 aliphatic heterocycles. The van der Waals surface area contributed by atoms with Gasteiger partial charge in [0, 0.05) is 12.8 Å². The Balaban J connectivity index is 3.95. The highest BCUT2D eigenvalue weighted by molar-refractivity contribution is 5.71. The predicted octanol–water partition coefficient (Wildman–Crippen LogP) is 23.7. The molecule has 0 rings (SSSR count). The first-order valence-electron chi connectivity index (χ1n) is 37.8. The van der Waals surface area contributed by atoms with Gasteiger partial charge < -0.3 is 28.5 Å². The molecule has 0 amide bonds. The molecular weight excluding hydrogens is 1080 g/mol. The van der Waals surface area contributed by atoms with Crippen LogP contribution in [0, 0.1) is 0 Å². The number of aliphatic carboxylic acids is 1. The Morgan fingerprint density at radius 3 is 0.931 bits per heavy atom. The Kier molecular flexibility index (Phi) is 67.0. The number of carbonyl (C=O) groups is 3. The quantitative estimate of drug-likeness (QED) is 0.0211. The number of likely N-dealkylation sites (N-methyl/N-ethyl adjacent to an activating group) is 1. The maximum absolute atomic E-state index is 13.0. The normalized spacial score (nSPS) is 12.9. The van der Waals surface area contributed by atoms with Crippen LogP contribution in [0.4, 0.5) is 0 Å². The predicted molar refractivity (Wildman–Crippen MR) is 374 cm³/mol. The van der Waals surface area contributed by atoms with Gasteiger partial charge in [-0.25, -0.2) is 4.79 Å². The number of esters is 2. The lowest BCUT2D eigenvalue weighted by atomic mass is 10.0. The first-order valence-corrected chi connectivity index (χ1v) is 37.8. The third-order valence-electron chi connectivity index (χ3n) is 17.1. The maximum atomic E-state index is 13.0. The molecule has 9 heteroatoms. The summed E-state index contributed by atoms with van der Waals surface area (Å²) < 4.78 is 23.0. The van der Waals surface area contributed by atoms with Gasteiger partial charge in [-0.3, -0.25) is 9.59 Å². The lowest BCUT2D eigenvalue weighted by molar-refractivity contribution is -0.870. The van der Waals surface area contributed by atoms with Crippen LogP contribution in [-0.4, -0.2) is 87.4 Å². The van der Waals surface area contributed by atoms with Gasteiger partial charge in [0.1, 0.15) is 13.2 Å². The molecule has 0 saturated carbocycles. The van der Waals surface area contributed by atoms with E-state index in [4.69, 9.17) is 18.9 Å². The Morgan fingerprint density at radius 1 is 0.345 bits per heavy atom. The van der Waals surface area contributed by atoms with Gasteiger partial charge in [0.05, 0.1) is 34.4 Å². The fourth-order valence-corrected chi connectivity index (χ4v) is 11.3. The number of hydrogen-bond acceptors (Lipinski definition) is 7. The van der Waals surface area contributed by atoms with E-state index < -0.39 is 18.4 Å². The van der Waals surface area contributed by atoms with E-state index in [-0.39, 0.29) is 38.2 Å². The highest BCUT2D eigenvalue weighted by Crippen LogP contribution is 2.19. The number of ether oxygens (including phenoxy) is 4. The summed E-state index contributed by atoms with van der Waals surface area (Å²) in [5, 5.41) is 9.75. The van der Waals surface area contributed by atoms with Gasteiger partial charge in [-0.1, -0.05) is 332 Å². The summed E-state index contributed by atoms with van der Waals surface area (Å²) in [6.45, 7) is 4.92. The van der Waals surface area contributed by atoms with Crippen LogP contribution in [0.1, 0.15) is 373 Å². The fraction of sp³-hybridized carbons (Fsp3) is 0.859. The monoisotopic (exact) mass is 1230 g/mol. The average molecular weight is 1230 g/mol. The molecule has 0 aliphatic carbocycles. The summed E-state index contributed by atoms with van der Waals surface area (Å²) in [4.78, 5) is 37.6. The Bertz CT molecular complexity index is 1570. The minimum atomic E-state index is -1.51. The van der Waals surface area contributed by atoms with Gasteiger partial charge in [0.25, 0.3) is 6.29 Å². The molecule has 510 valence electrons. The van der Waals surface area contributed by atoms with Gasteiger partial charge in [-0.05, 0) is 77.0 Å². The summed E-state index contributed by atoms with van der Waals surface area (Å²) in [6, 6.07) is 0. The summed E-state index contributed by atoms with van der Waals surface area (Å²) in [5.74, 6) is -1.98. The molecule has 0 aromatic rings. The van der Waals surface area contributed by atoms with Gasteiger partial charge in [-0.2, -0.15) is 0 Å². The number of rotatable bonds is 71. The molecule has 2 unspecified atom stereocenters. The van der Waals surface area contributed by atoms with Gasteiger partial charge in [0.15, 0.2) is 6.10 Å². The number of allylic oxidation sites excluding steroid dienone is 8. The Labute approximate surface area is 540 Å². The van der Waals surface area contributed by atoms with Gasteiger partial charge in [0.2, 0.25) is 0 Å². The highest BCUT2D eigenvalue weighted by atomic mass is 16.7. The van der Waals surface area contributed by atoms with E-state index in [1.54, 1.807) is 0 Å². The Hall–Kier alpha value is -2.75. The molecule has 2 atom stereocenters. The zero-order valence-electron chi connectivity index (χ0n) is 58.5. The van der Waals surface area contributed by atoms with Crippen LogP contribution in [0.3, 0.4) is 0 Å². The minimum absolute atomic E-state index is 0.178. The smallest absolute Gasteiger partial charge is 0.361 e. The number of quaternary nitrogens is 1. The van der Waals surface area contributed by atoms with Crippen molar-refractivity contribution in [1.82, 2.24) is 0 Å². The van der Waals surface area contributed by atoms with Crippen molar-refractivity contribution in [2.75, 3.05) is 47.5 Å². The molecule has 0 aliphatic rings. The lowest BCUT2D eigenvalue weighted by Crippen LogP contribution is -2.40. The SMILES string of the molecule is CCCCCCC/C=C\C/C=C\C/C=C\CCCCCCCCCCCCCCCCCCCCCCCCCCCCC(=O)OC(COC(=O)CCCCCCCCCCC/C=C\CCCCCCCCCC)COC(OCC[N+](C)(C)C)C(=O)O. The summed E-state index contributed by atoms with van der Waals surface area (Å²) in [6.07, 6.45) is 86.9. The molecule has 0 aromatic carbocycles. The maximum Gasteiger partial charge on any atom is 0.361 e. The standard InChI is InChI=1S/C78H145NO8/c1-6-8-10-12-14-16-18-20-22-24-26-28-29-30-31-32-33-34-35-36-37-38-39-40-41-42-43-44-45-46-47-49-51-53-55-57-59-61-63-65-67-69-76(81)87-74(73-86-78(77(82)83)84-71-70-79(3,4)5)72-85-75(80)68-66-64-62-60-58-56-54-52-50-48-27-25-23-21-19-17-15-13-11-9-7-2/h18,20,24-27,29-30,74,78H,6-17,19,21-23,28,31-73H2,1-5H3/p+1/b20-18-,26-24-,27-25-,30-29-. The molecular formula is C78H146NO8+. The topological polar surface area (TPSA) is 108 Å². The molecule has 0 spiro atoms. The van der Waals surface area contributed by atoms with E-state index in [0.29, 0.717) is 17.4 Å². The van der Waals surface area contributed by atoms with E-state index in [1.165, 1.54) is 295 Å². The van der Waals surface area contributed by atoms with Crippen LogP contribution in [0.2, 0.25) is 0 Å². The van der Waals surface area contributed by atoms with Crippen LogP contribution < -0.4 is 0 Å². The van der Waals surface area contributed by atoms with Crippen molar-refractivity contribution >= 4 is 17.9 Å². The van der Waals surface area contributed by atoms with Crippen molar-refractivity contribution in [1.29, 1.82) is 0 Å². The summed E-state index contributed by atoms with van der Waals surface area (Å²) in [7, 11) is 5.99. The molecule has 9 nitrogen and oxygen atoms in total. The second kappa shape index (κ2) is 69.1. The third-order valence-corrected chi connectivity index (χ3v) is 17.1. The van der Waals surface area contributed by atoms with Crippen molar-refractivity contribution < 1.29 is 42.9 Å². The number of unbranched alkanes of at least 4 members (excludes halogenated alkanes) is 48. The van der Waals surface area contributed by atoms with Crippen molar-refractivity contribution in [3.8, 4) is 0 Å². The molecule has 87 heavy (non-hydrogen) atoms. The fourth-order valence-electron chi connectivity index (χ4n) is 11.3. The molecule has 0 aromatic heterocycles. The molecule has 0 radical (unpaired) electrons. The minimum Gasteiger partial charge on any atom is -0.477 e. The van der Waals surface area contributed by atoms with Gasteiger partial charge >= 0.3 is 17.9 Å². The number of carboxylic acids is 1. The molecule has 0 bridgehead atoms. The summed E-state index contributed by atoms with van der Waals surface area (Å²) >= 11 is 0. The average Bonchev–Trinajstić information content (AvgIpc) is 3.59. The number of carboxylic acid groups (broad SMARTS) is 1. The molecule has 1 N–H and O–H groups in total. The third kappa shape index (κ3) is 70.6. The van der Waals surface area contributed by atoms with E-state index in [2.05, 4.69) is 62.5 Å². The zero-order valence-corrected chi connectivity index (χ0v) is 58.5. The second-order valence-corrected chi connectivity index (χ2v) is 27.0. The molecule has 0 saturated heterocycles.